The number of carbonyl (C=O) groups excluding carboxylic acids is 2. The molecule has 1 unspecified atom stereocenters. The lowest BCUT2D eigenvalue weighted by Crippen LogP contribution is -2.43. The molecule has 0 bridgehead atoms. The van der Waals surface area contributed by atoms with Gasteiger partial charge in [-0.15, -0.1) is 0 Å². The van der Waals surface area contributed by atoms with E-state index in [1.165, 1.54) is 6.42 Å². The molecule has 108 valence electrons. The Labute approximate surface area is 119 Å². The molecule has 1 aromatic rings. The van der Waals surface area contributed by atoms with Gasteiger partial charge in [-0.1, -0.05) is 6.92 Å². The van der Waals surface area contributed by atoms with Gasteiger partial charge >= 0.3 is 0 Å². The molecule has 0 saturated carbocycles. The molecule has 1 saturated heterocycles. The lowest BCUT2D eigenvalue weighted by molar-refractivity contribution is 0.0573. The minimum atomic E-state index is -0.0428. The summed E-state index contributed by atoms with van der Waals surface area (Å²) in [5.74, 6) is 1.12. The van der Waals surface area contributed by atoms with Crippen LogP contribution in [0.25, 0.3) is 0 Å². The second-order valence-electron chi connectivity index (χ2n) is 5.78. The second kappa shape index (κ2) is 5.43. The predicted molar refractivity (Wildman–Crippen MR) is 74.9 cm³/mol. The van der Waals surface area contributed by atoms with Crippen LogP contribution in [0.3, 0.4) is 0 Å². The number of aryl methyl sites for hydroxylation is 1. The zero-order valence-corrected chi connectivity index (χ0v) is 12.0. The molecule has 2 aliphatic rings. The zero-order valence-electron chi connectivity index (χ0n) is 12.0. The van der Waals surface area contributed by atoms with E-state index < -0.39 is 0 Å². The topological polar surface area (TPSA) is 50.5 Å². The fourth-order valence-corrected chi connectivity index (χ4v) is 3.33. The molecule has 1 aromatic heterocycles. The largest absolute Gasteiger partial charge is 0.455 e. The molecule has 2 heterocycles. The summed E-state index contributed by atoms with van der Waals surface area (Å²) >= 11 is 0. The quantitative estimate of drug-likeness (QED) is 0.832. The van der Waals surface area contributed by atoms with Crippen LogP contribution in [-0.4, -0.2) is 29.2 Å². The van der Waals surface area contributed by atoms with Gasteiger partial charge in [0.15, 0.2) is 11.5 Å². The standard InChI is InChI=1S/C16H21NO3/c1-2-11-6-3-4-9-17(11)16(19)15-10-12-13(18)7-5-8-14(12)20-15/h10-11H,2-9H2,1H3. The Morgan fingerprint density at radius 2 is 2.20 bits per heavy atom. The van der Waals surface area contributed by atoms with E-state index >= 15 is 0 Å². The van der Waals surface area contributed by atoms with Crippen LogP contribution in [0.4, 0.5) is 0 Å². The van der Waals surface area contributed by atoms with Crippen LogP contribution in [0.1, 0.15) is 72.1 Å². The molecule has 0 N–H and O–H groups in total. The van der Waals surface area contributed by atoms with E-state index in [2.05, 4.69) is 6.92 Å². The van der Waals surface area contributed by atoms with E-state index in [-0.39, 0.29) is 11.7 Å². The number of carbonyl (C=O) groups is 2. The van der Waals surface area contributed by atoms with Gasteiger partial charge in [0, 0.05) is 31.5 Å². The molecule has 0 aromatic carbocycles. The van der Waals surface area contributed by atoms with Gasteiger partial charge in [0.25, 0.3) is 5.91 Å². The van der Waals surface area contributed by atoms with Gasteiger partial charge in [0.1, 0.15) is 5.76 Å². The molecule has 3 rings (SSSR count). The SMILES string of the molecule is CCC1CCCCN1C(=O)c1cc2c(o1)CCCC2=O. The summed E-state index contributed by atoms with van der Waals surface area (Å²) in [6, 6.07) is 1.98. The lowest BCUT2D eigenvalue weighted by Gasteiger charge is -2.34. The molecule has 4 heteroatoms. The number of amides is 1. The number of hydrogen-bond donors (Lipinski definition) is 0. The average Bonchev–Trinajstić information content (AvgIpc) is 2.92. The summed E-state index contributed by atoms with van der Waals surface area (Å²) in [7, 11) is 0. The third-order valence-corrected chi connectivity index (χ3v) is 4.49. The highest BCUT2D eigenvalue weighted by Gasteiger charge is 2.30. The van der Waals surface area contributed by atoms with Gasteiger partial charge < -0.3 is 9.32 Å². The number of fused-ring (bicyclic) bond motifs is 1. The van der Waals surface area contributed by atoms with Crippen molar-refractivity contribution in [1.29, 1.82) is 0 Å². The van der Waals surface area contributed by atoms with Crippen molar-refractivity contribution in [3.05, 3.63) is 23.2 Å². The van der Waals surface area contributed by atoms with Crippen molar-refractivity contribution in [3.63, 3.8) is 0 Å². The molecular weight excluding hydrogens is 254 g/mol. The smallest absolute Gasteiger partial charge is 0.289 e. The summed E-state index contributed by atoms with van der Waals surface area (Å²) in [6.45, 7) is 2.92. The van der Waals surface area contributed by atoms with Gasteiger partial charge in [-0.05, 0) is 32.1 Å². The minimum absolute atomic E-state index is 0.0428. The molecule has 1 fully saturated rings. The molecule has 20 heavy (non-hydrogen) atoms. The highest BCUT2D eigenvalue weighted by Crippen LogP contribution is 2.27. The fourth-order valence-electron chi connectivity index (χ4n) is 3.33. The third kappa shape index (κ3) is 2.28. The molecule has 0 spiro atoms. The molecule has 0 radical (unpaired) electrons. The number of Topliss-reactive ketones (excluding diaryl/α,β-unsaturated/α-hetero) is 1. The van der Waals surface area contributed by atoms with Crippen molar-refractivity contribution in [2.75, 3.05) is 6.54 Å². The Morgan fingerprint density at radius 1 is 1.35 bits per heavy atom. The average molecular weight is 275 g/mol. The highest BCUT2D eigenvalue weighted by molar-refractivity contribution is 6.01. The maximum absolute atomic E-state index is 12.6. The second-order valence-corrected chi connectivity index (χ2v) is 5.78. The van der Waals surface area contributed by atoms with Crippen molar-refractivity contribution in [1.82, 2.24) is 4.90 Å². The van der Waals surface area contributed by atoms with Crippen LogP contribution in [0, 0.1) is 0 Å². The number of furan rings is 1. The summed E-state index contributed by atoms with van der Waals surface area (Å²) in [5.41, 5.74) is 0.629. The van der Waals surface area contributed by atoms with Crippen molar-refractivity contribution >= 4 is 11.7 Å². The number of rotatable bonds is 2. The van der Waals surface area contributed by atoms with Crippen molar-refractivity contribution < 1.29 is 14.0 Å². The number of nitrogens with zero attached hydrogens (tertiary/aromatic N) is 1. The van der Waals surface area contributed by atoms with Crippen LogP contribution in [0.15, 0.2) is 10.5 Å². The van der Waals surface area contributed by atoms with Gasteiger partial charge in [-0.25, -0.2) is 0 Å². The Bertz CT molecular complexity index is 532. The van der Waals surface area contributed by atoms with E-state index in [0.29, 0.717) is 29.5 Å². The number of likely N-dealkylation sites (tertiary alicyclic amines) is 1. The Morgan fingerprint density at radius 3 is 2.95 bits per heavy atom. The first-order chi connectivity index (χ1) is 9.70. The Balaban J connectivity index is 1.85. The number of piperidine rings is 1. The summed E-state index contributed by atoms with van der Waals surface area (Å²) in [6.07, 6.45) is 6.46. The van der Waals surface area contributed by atoms with Crippen molar-refractivity contribution in [2.45, 2.75) is 57.9 Å². The first-order valence-electron chi connectivity index (χ1n) is 7.67. The number of ketones is 1. The normalized spacial score (nSPS) is 22.8. The van der Waals surface area contributed by atoms with Crippen LogP contribution >= 0.6 is 0 Å². The maximum atomic E-state index is 12.6. The van der Waals surface area contributed by atoms with Crippen LogP contribution < -0.4 is 0 Å². The molecular formula is C16H21NO3. The predicted octanol–water partition coefficient (Wildman–Crippen LogP) is 3.20. The van der Waals surface area contributed by atoms with Crippen molar-refractivity contribution in [2.24, 2.45) is 0 Å². The van der Waals surface area contributed by atoms with Crippen LogP contribution in [0.5, 0.6) is 0 Å². The Hall–Kier alpha value is -1.58. The third-order valence-electron chi connectivity index (χ3n) is 4.49. The van der Waals surface area contributed by atoms with Gasteiger partial charge in [-0.2, -0.15) is 0 Å². The Kier molecular flexibility index (Phi) is 3.64. The lowest BCUT2D eigenvalue weighted by atomic mass is 9.97. The van der Waals surface area contributed by atoms with E-state index in [0.717, 1.165) is 38.6 Å². The van der Waals surface area contributed by atoms with Crippen LogP contribution in [0.2, 0.25) is 0 Å². The minimum Gasteiger partial charge on any atom is -0.455 e. The number of hydrogen-bond acceptors (Lipinski definition) is 3. The summed E-state index contributed by atoms with van der Waals surface area (Å²) in [4.78, 5) is 26.4. The molecule has 1 amide bonds. The molecule has 1 atom stereocenters. The monoisotopic (exact) mass is 275 g/mol. The fraction of sp³-hybridized carbons (Fsp3) is 0.625. The molecule has 1 aliphatic carbocycles. The first kappa shape index (κ1) is 13.4. The van der Waals surface area contributed by atoms with E-state index in [1.54, 1.807) is 6.07 Å². The van der Waals surface area contributed by atoms with Gasteiger partial charge in [0.05, 0.1) is 5.56 Å². The van der Waals surface area contributed by atoms with E-state index in [9.17, 15) is 9.59 Å². The van der Waals surface area contributed by atoms with E-state index in [1.807, 2.05) is 4.90 Å². The van der Waals surface area contributed by atoms with Crippen molar-refractivity contribution in [3.8, 4) is 0 Å². The van der Waals surface area contributed by atoms with Crippen LogP contribution in [-0.2, 0) is 6.42 Å². The first-order valence-corrected chi connectivity index (χ1v) is 7.67. The summed E-state index contributed by atoms with van der Waals surface area (Å²) < 4.78 is 5.67. The van der Waals surface area contributed by atoms with E-state index in [4.69, 9.17) is 4.42 Å². The van der Waals surface area contributed by atoms with Gasteiger partial charge in [-0.3, -0.25) is 9.59 Å². The highest BCUT2D eigenvalue weighted by atomic mass is 16.4. The summed E-state index contributed by atoms with van der Waals surface area (Å²) in [5, 5.41) is 0. The molecule has 1 aliphatic heterocycles. The molecule has 4 nitrogen and oxygen atoms in total. The maximum Gasteiger partial charge on any atom is 0.289 e. The van der Waals surface area contributed by atoms with Gasteiger partial charge in [0.2, 0.25) is 0 Å². The zero-order chi connectivity index (χ0) is 14.1.